The van der Waals surface area contributed by atoms with Crippen LogP contribution >= 0.6 is 0 Å². The van der Waals surface area contributed by atoms with Gasteiger partial charge in [-0.15, -0.1) is 0 Å². The highest BCUT2D eigenvalue weighted by atomic mass is 16.2. The molecule has 2 aromatic carbocycles. The lowest BCUT2D eigenvalue weighted by molar-refractivity contribution is -0.117. The maximum atomic E-state index is 12.0. The summed E-state index contributed by atoms with van der Waals surface area (Å²) in [4.78, 5) is 23.9. The zero-order valence-electron chi connectivity index (χ0n) is 11.3. The minimum absolute atomic E-state index is 0.00503. The zero-order valence-corrected chi connectivity index (χ0v) is 11.3. The minimum atomic E-state index is -0.193. The number of fused-ring (bicyclic) bond motifs is 1. The lowest BCUT2D eigenvalue weighted by atomic mass is 10.0. The molecule has 2 amide bonds. The van der Waals surface area contributed by atoms with Crippen LogP contribution in [0, 0.1) is 5.92 Å². The van der Waals surface area contributed by atoms with E-state index in [0.29, 0.717) is 11.3 Å². The van der Waals surface area contributed by atoms with E-state index in [1.165, 1.54) is 0 Å². The fourth-order valence-corrected chi connectivity index (χ4v) is 2.25. The lowest BCUT2D eigenvalue weighted by Crippen LogP contribution is -2.22. The molecule has 1 saturated carbocycles. The van der Waals surface area contributed by atoms with Crippen molar-refractivity contribution >= 4 is 28.3 Å². The molecule has 1 aliphatic carbocycles. The number of nitrogens with one attached hydrogen (secondary N) is 2. The van der Waals surface area contributed by atoms with E-state index in [4.69, 9.17) is 0 Å². The number of amides is 2. The van der Waals surface area contributed by atoms with Crippen LogP contribution in [-0.4, -0.2) is 18.9 Å². The lowest BCUT2D eigenvalue weighted by Gasteiger charge is -2.12. The molecule has 0 aromatic heterocycles. The second-order valence-electron chi connectivity index (χ2n) is 5.09. The Morgan fingerprint density at radius 3 is 2.35 bits per heavy atom. The molecule has 4 nitrogen and oxygen atoms in total. The number of anilines is 1. The Labute approximate surface area is 117 Å². The second-order valence-corrected chi connectivity index (χ2v) is 5.09. The summed E-state index contributed by atoms with van der Waals surface area (Å²) in [7, 11) is 1.59. The molecule has 0 unspecified atom stereocenters. The van der Waals surface area contributed by atoms with Crippen molar-refractivity contribution in [1.82, 2.24) is 5.32 Å². The first-order chi connectivity index (χ1) is 9.69. The maximum Gasteiger partial charge on any atom is 0.253 e. The number of benzene rings is 2. The minimum Gasteiger partial charge on any atom is -0.355 e. The molecule has 0 bridgehead atoms. The van der Waals surface area contributed by atoms with Gasteiger partial charge in [-0.25, -0.2) is 0 Å². The third-order valence-corrected chi connectivity index (χ3v) is 3.56. The standard InChI is InChI=1S/C16H16N2O2/c1-17-16(20)13-8-11-4-2-3-5-12(11)9-14(13)18-15(19)10-6-7-10/h2-5,8-10H,6-7H2,1H3,(H,17,20)(H,18,19). The molecule has 3 rings (SSSR count). The van der Waals surface area contributed by atoms with Gasteiger partial charge in [0.15, 0.2) is 0 Å². The topological polar surface area (TPSA) is 58.2 Å². The highest BCUT2D eigenvalue weighted by molar-refractivity contribution is 6.08. The van der Waals surface area contributed by atoms with Gasteiger partial charge in [0.2, 0.25) is 5.91 Å². The molecule has 1 fully saturated rings. The summed E-state index contributed by atoms with van der Waals surface area (Å²) in [5.41, 5.74) is 1.08. The first-order valence-corrected chi connectivity index (χ1v) is 6.75. The van der Waals surface area contributed by atoms with Gasteiger partial charge in [0.1, 0.15) is 0 Å². The fourth-order valence-electron chi connectivity index (χ4n) is 2.25. The van der Waals surface area contributed by atoms with Gasteiger partial charge in [-0.05, 0) is 35.7 Å². The van der Waals surface area contributed by atoms with Crippen LogP contribution in [-0.2, 0) is 4.79 Å². The number of carbonyl (C=O) groups is 2. The van der Waals surface area contributed by atoms with Crippen molar-refractivity contribution in [3.63, 3.8) is 0 Å². The van der Waals surface area contributed by atoms with Gasteiger partial charge in [-0.1, -0.05) is 24.3 Å². The summed E-state index contributed by atoms with van der Waals surface area (Å²) >= 11 is 0. The zero-order chi connectivity index (χ0) is 14.1. The van der Waals surface area contributed by atoms with E-state index < -0.39 is 0 Å². The third-order valence-electron chi connectivity index (χ3n) is 3.56. The molecule has 1 aliphatic rings. The van der Waals surface area contributed by atoms with Crippen LogP contribution in [0.4, 0.5) is 5.69 Å². The largest absolute Gasteiger partial charge is 0.355 e. The molecule has 0 atom stereocenters. The highest BCUT2D eigenvalue weighted by Gasteiger charge is 2.30. The van der Waals surface area contributed by atoms with Crippen LogP contribution < -0.4 is 10.6 Å². The molecule has 0 spiro atoms. The SMILES string of the molecule is CNC(=O)c1cc2ccccc2cc1NC(=O)C1CC1. The summed E-state index contributed by atoms with van der Waals surface area (Å²) in [6.07, 6.45) is 1.88. The predicted octanol–water partition coefficient (Wildman–Crippen LogP) is 2.55. The Kier molecular flexibility index (Phi) is 3.14. The van der Waals surface area contributed by atoms with E-state index in [9.17, 15) is 9.59 Å². The molecule has 102 valence electrons. The number of carbonyl (C=O) groups excluding carboxylic acids is 2. The van der Waals surface area contributed by atoms with Crippen molar-refractivity contribution < 1.29 is 9.59 Å². The molecule has 0 saturated heterocycles. The van der Waals surface area contributed by atoms with E-state index >= 15 is 0 Å². The van der Waals surface area contributed by atoms with Gasteiger partial charge in [-0.3, -0.25) is 9.59 Å². The number of rotatable bonds is 3. The molecule has 4 heteroatoms. The molecular weight excluding hydrogens is 252 g/mol. The van der Waals surface area contributed by atoms with Crippen molar-refractivity contribution in [1.29, 1.82) is 0 Å². The van der Waals surface area contributed by atoms with Gasteiger partial charge in [0.05, 0.1) is 11.3 Å². The summed E-state index contributed by atoms with van der Waals surface area (Å²) in [5.74, 6) is -0.0775. The summed E-state index contributed by atoms with van der Waals surface area (Å²) < 4.78 is 0. The van der Waals surface area contributed by atoms with Gasteiger partial charge >= 0.3 is 0 Å². The summed E-state index contributed by atoms with van der Waals surface area (Å²) in [6.45, 7) is 0. The van der Waals surface area contributed by atoms with E-state index in [-0.39, 0.29) is 17.7 Å². The van der Waals surface area contributed by atoms with Gasteiger partial charge in [0.25, 0.3) is 5.91 Å². The van der Waals surface area contributed by atoms with Crippen molar-refractivity contribution in [2.75, 3.05) is 12.4 Å². The smallest absolute Gasteiger partial charge is 0.253 e. The van der Waals surface area contributed by atoms with E-state index in [1.807, 2.05) is 36.4 Å². The fraction of sp³-hybridized carbons (Fsp3) is 0.250. The van der Waals surface area contributed by atoms with Crippen molar-refractivity contribution in [2.45, 2.75) is 12.8 Å². The Bertz CT molecular complexity index is 690. The monoisotopic (exact) mass is 268 g/mol. The van der Waals surface area contributed by atoms with Crippen molar-refractivity contribution in [2.24, 2.45) is 5.92 Å². The Hall–Kier alpha value is -2.36. The average molecular weight is 268 g/mol. The molecule has 2 aromatic rings. The predicted molar refractivity (Wildman–Crippen MR) is 78.7 cm³/mol. The quantitative estimate of drug-likeness (QED) is 0.898. The Morgan fingerprint density at radius 1 is 1.10 bits per heavy atom. The van der Waals surface area contributed by atoms with Gasteiger partial charge in [0, 0.05) is 13.0 Å². The van der Waals surface area contributed by atoms with Crippen LogP contribution in [0.1, 0.15) is 23.2 Å². The van der Waals surface area contributed by atoms with Crippen LogP contribution in [0.2, 0.25) is 0 Å². The van der Waals surface area contributed by atoms with Crippen LogP contribution in [0.3, 0.4) is 0 Å². The molecule has 20 heavy (non-hydrogen) atoms. The highest BCUT2D eigenvalue weighted by Crippen LogP contribution is 2.31. The molecule has 0 heterocycles. The molecule has 2 N–H and O–H groups in total. The first-order valence-electron chi connectivity index (χ1n) is 6.75. The third kappa shape index (κ3) is 2.37. The average Bonchev–Trinajstić information content (AvgIpc) is 3.30. The number of hydrogen-bond donors (Lipinski definition) is 2. The Balaban J connectivity index is 2.05. The van der Waals surface area contributed by atoms with E-state index in [2.05, 4.69) is 10.6 Å². The van der Waals surface area contributed by atoms with Crippen LogP contribution in [0.5, 0.6) is 0 Å². The normalized spacial score (nSPS) is 14.1. The second kappa shape index (κ2) is 4.96. The number of hydrogen-bond acceptors (Lipinski definition) is 2. The molecular formula is C16H16N2O2. The van der Waals surface area contributed by atoms with Crippen LogP contribution in [0.15, 0.2) is 36.4 Å². The van der Waals surface area contributed by atoms with Gasteiger partial charge < -0.3 is 10.6 Å². The van der Waals surface area contributed by atoms with Crippen LogP contribution in [0.25, 0.3) is 10.8 Å². The van der Waals surface area contributed by atoms with E-state index in [0.717, 1.165) is 23.6 Å². The molecule has 0 aliphatic heterocycles. The first kappa shape index (κ1) is 12.7. The van der Waals surface area contributed by atoms with Crippen molar-refractivity contribution in [3.05, 3.63) is 42.0 Å². The van der Waals surface area contributed by atoms with Crippen molar-refractivity contribution in [3.8, 4) is 0 Å². The summed E-state index contributed by atoms with van der Waals surface area (Å²) in [6, 6.07) is 11.5. The Morgan fingerprint density at radius 2 is 1.75 bits per heavy atom. The summed E-state index contributed by atoms with van der Waals surface area (Å²) in [5, 5.41) is 7.48. The molecule has 0 radical (unpaired) electrons. The van der Waals surface area contributed by atoms with Gasteiger partial charge in [-0.2, -0.15) is 0 Å². The maximum absolute atomic E-state index is 12.0. The van der Waals surface area contributed by atoms with E-state index in [1.54, 1.807) is 7.05 Å².